The second-order valence-electron chi connectivity index (χ2n) is 5.71. The van der Waals surface area contributed by atoms with Crippen LogP contribution in [-0.4, -0.2) is 43.5 Å². The van der Waals surface area contributed by atoms with Crippen LogP contribution < -0.4 is 14.8 Å². The van der Waals surface area contributed by atoms with E-state index in [0.717, 1.165) is 5.56 Å². The first-order chi connectivity index (χ1) is 12.4. The van der Waals surface area contributed by atoms with Gasteiger partial charge in [-0.05, 0) is 42.9 Å². The summed E-state index contributed by atoms with van der Waals surface area (Å²) in [7, 11) is 4.73. The van der Waals surface area contributed by atoms with Crippen LogP contribution in [0.25, 0.3) is 0 Å². The SMILES string of the molecule is COc1ccc(NC(=O)CN(C)Cc2ccc(OC)c([N+](=O)[O-])c2)cc1. The Balaban J connectivity index is 1.94. The van der Waals surface area contributed by atoms with Crippen LogP contribution in [0.3, 0.4) is 0 Å². The number of ether oxygens (including phenoxy) is 2. The molecule has 26 heavy (non-hydrogen) atoms. The molecule has 0 spiro atoms. The summed E-state index contributed by atoms with van der Waals surface area (Å²) in [4.78, 5) is 24.5. The minimum atomic E-state index is -0.487. The van der Waals surface area contributed by atoms with Gasteiger partial charge in [0.15, 0.2) is 5.75 Å². The fourth-order valence-corrected chi connectivity index (χ4v) is 2.46. The van der Waals surface area contributed by atoms with Gasteiger partial charge in [-0.3, -0.25) is 19.8 Å². The van der Waals surface area contributed by atoms with E-state index in [2.05, 4.69) is 5.32 Å². The Hall–Kier alpha value is -3.13. The quantitative estimate of drug-likeness (QED) is 0.575. The van der Waals surface area contributed by atoms with Crippen molar-refractivity contribution in [3.8, 4) is 11.5 Å². The third-order valence-corrected chi connectivity index (χ3v) is 3.68. The third-order valence-electron chi connectivity index (χ3n) is 3.68. The fraction of sp³-hybridized carbons (Fsp3) is 0.278. The predicted molar refractivity (Wildman–Crippen MR) is 97.6 cm³/mol. The van der Waals surface area contributed by atoms with Crippen LogP contribution in [0.15, 0.2) is 42.5 Å². The van der Waals surface area contributed by atoms with Crippen LogP contribution in [0.4, 0.5) is 11.4 Å². The Bertz CT molecular complexity index is 777. The highest BCUT2D eigenvalue weighted by Gasteiger charge is 2.16. The van der Waals surface area contributed by atoms with Crippen molar-refractivity contribution < 1.29 is 19.2 Å². The van der Waals surface area contributed by atoms with E-state index in [1.54, 1.807) is 55.5 Å². The van der Waals surface area contributed by atoms with Crippen molar-refractivity contribution in [3.05, 3.63) is 58.1 Å². The number of carbonyl (C=O) groups excluding carboxylic acids is 1. The lowest BCUT2D eigenvalue weighted by Gasteiger charge is -2.16. The molecule has 2 rings (SSSR count). The van der Waals surface area contributed by atoms with Gasteiger partial charge >= 0.3 is 5.69 Å². The average Bonchev–Trinajstić information content (AvgIpc) is 2.62. The highest BCUT2D eigenvalue weighted by atomic mass is 16.6. The van der Waals surface area contributed by atoms with E-state index in [4.69, 9.17) is 9.47 Å². The van der Waals surface area contributed by atoms with E-state index in [-0.39, 0.29) is 23.9 Å². The summed E-state index contributed by atoms with van der Waals surface area (Å²) in [6, 6.07) is 11.8. The summed E-state index contributed by atoms with van der Waals surface area (Å²) in [6.07, 6.45) is 0. The van der Waals surface area contributed by atoms with Crippen molar-refractivity contribution in [1.82, 2.24) is 4.90 Å². The molecule has 1 N–H and O–H groups in total. The Morgan fingerprint density at radius 3 is 2.42 bits per heavy atom. The van der Waals surface area contributed by atoms with Gasteiger partial charge in [-0.15, -0.1) is 0 Å². The van der Waals surface area contributed by atoms with Gasteiger partial charge in [0, 0.05) is 18.3 Å². The van der Waals surface area contributed by atoms with E-state index in [9.17, 15) is 14.9 Å². The molecule has 0 aliphatic carbocycles. The number of anilines is 1. The second kappa shape index (κ2) is 8.82. The van der Waals surface area contributed by atoms with Gasteiger partial charge in [-0.25, -0.2) is 0 Å². The first-order valence-corrected chi connectivity index (χ1v) is 7.86. The zero-order valence-corrected chi connectivity index (χ0v) is 14.9. The molecular formula is C18H21N3O5. The Labute approximate surface area is 151 Å². The molecule has 0 saturated heterocycles. The first-order valence-electron chi connectivity index (χ1n) is 7.86. The number of hydrogen-bond donors (Lipinski definition) is 1. The van der Waals surface area contributed by atoms with Crippen molar-refractivity contribution in [2.75, 3.05) is 33.1 Å². The molecule has 0 saturated carbocycles. The average molecular weight is 359 g/mol. The maximum absolute atomic E-state index is 12.1. The summed E-state index contributed by atoms with van der Waals surface area (Å²) in [5, 5.41) is 13.9. The highest BCUT2D eigenvalue weighted by molar-refractivity contribution is 5.92. The monoisotopic (exact) mass is 359 g/mol. The van der Waals surface area contributed by atoms with Gasteiger partial charge in [0.2, 0.25) is 5.91 Å². The molecule has 0 aromatic heterocycles. The van der Waals surface area contributed by atoms with Crippen molar-refractivity contribution in [2.45, 2.75) is 6.54 Å². The molecule has 138 valence electrons. The normalized spacial score (nSPS) is 10.5. The van der Waals surface area contributed by atoms with Crippen molar-refractivity contribution in [3.63, 3.8) is 0 Å². The van der Waals surface area contributed by atoms with Gasteiger partial charge in [-0.1, -0.05) is 6.07 Å². The van der Waals surface area contributed by atoms with E-state index < -0.39 is 4.92 Å². The number of methoxy groups -OCH3 is 2. The van der Waals surface area contributed by atoms with Crippen LogP contribution in [0.1, 0.15) is 5.56 Å². The number of carbonyl (C=O) groups is 1. The number of nitro groups is 1. The number of likely N-dealkylation sites (N-methyl/N-ethyl adjacent to an activating group) is 1. The molecule has 8 heteroatoms. The molecule has 0 unspecified atom stereocenters. The molecule has 2 aromatic carbocycles. The standard InChI is InChI=1S/C18H21N3O5/c1-20(11-13-4-9-17(26-3)16(10-13)21(23)24)12-18(22)19-14-5-7-15(25-2)8-6-14/h4-10H,11-12H2,1-3H3,(H,19,22). The predicted octanol–water partition coefficient (Wildman–Crippen LogP) is 2.68. The smallest absolute Gasteiger partial charge is 0.311 e. The lowest BCUT2D eigenvalue weighted by Crippen LogP contribution is -2.29. The highest BCUT2D eigenvalue weighted by Crippen LogP contribution is 2.27. The van der Waals surface area contributed by atoms with Gasteiger partial charge in [-0.2, -0.15) is 0 Å². The van der Waals surface area contributed by atoms with Gasteiger partial charge < -0.3 is 14.8 Å². The number of nitro benzene ring substituents is 1. The van der Waals surface area contributed by atoms with E-state index in [1.165, 1.54) is 13.2 Å². The summed E-state index contributed by atoms with van der Waals surface area (Å²) in [5.41, 5.74) is 1.29. The number of amides is 1. The van der Waals surface area contributed by atoms with Crippen LogP contribution in [0.2, 0.25) is 0 Å². The van der Waals surface area contributed by atoms with E-state index in [0.29, 0.717) is 18.0 Å². The molecule has 8 nitrogen and oxygen atoms in total. The summed E-state index contributed by atoms with van der Waals surface area (Å²) in [5.74, 6) is 0.737. The minimum Gasteiger partial charge on any atom is -0.497 e. The number of benzene rings is 2. The molecule has 0 aliphatic heterocycles. The van der Waals surface area contributed by atoms with E-state index >= 15 is 0 Å². The number of nitrogens with one attached hydrogen (secondary N) is 1. The zero-order valence-electron chi connectivity index (χ0n) is 14.9. The summed E-state index contributed by atoms with van der Waals surface area (Å²) >= 11 is 0. The molecule has 2 aromatic rings. The Morgan fingerprint density at radius 2 is 1.85 bits per heavy atom. The number of rotatable bonds is 8. The molecule has 0 heterocycles. The minimum absolute atomic E-state index is 0.0962. The van der Waals surface area contributed by atoms with Gasteiger partial charge in [0.25, 0.3) is 0 Å². The summed E-state index contributed by atoms with van der Waals surface area (Å²) in [6.45, 7) is 0.534. The molecular weight excluding hydrogens is 338 g/mol. The molecule has 0 bridgehead atoms. The van der Waals surface area contributed by atoms with Gasteiger partial charge in [0.1, 0.15) is 5.75 Å². The lowest BCUT2D eigenvalue weighted by molar-refractivity contribution is -0.385. The molecule has 1 amide bonds. The number of nitrogens with zero attached hydrogens (tertiary/aromatic N) is 2. The summed E-state index contributed by atoms with van der Waals surface area (Å²) < 4.78 is 10.1. The van der Waals surface area contributed by atoms with Crippen LogP contribution in [0.5, 0.6) is 11.5 Å². The lowest BCUT2D eigenvalue weighted by atomic mass is 10.1. The van der Waals surface area contributed by atoms with Gasteiger partial charge in [0.05, 0.1) is 25.7 Å². The second-order valence-corrected chi connectivity index (χ2v) is 5.71. The maximum Gasteiger partial charge on any atom is 0.311 e. The first kappa shape index (κ1) is 19.2. The largest absolute Gasteiger partial charge is 0.497 e. The molecule has 0 radical (unpaired) electrons. The zero-order chi connectivity index (χ0) is 19.1. The van der Waals surface area contributed by atoms with Crippen LogP contribution >= 0.6 is 0 Å². The molecule has 0 atom stereocenters. The molecule has 0 fully saturated rings. The number of hydrogen-bond acceptors (Lipinski definition) is 6. The van der Waals surface area contributed by atoms with E-state index in [1.807, 2.05) is 0 Å². The topological polar surface area (TPSA) is 93.9 Å². The van der Waals surface area contributed by atoms with Crippen molar-refractivity contribution in [1.29, 1.82) is 0 Å². The van der Waals surface area contributed by atoms with Crippen molar-refractivity contribution >= 4 is 17.3 Å². The van der Waals surface area contributed by atoms with Crippen LogP contribution in [-0.2, 0) is 11.3 Å². The Morgan fingerprint density at radius 1 is 1.15 bits per heavy atom. The van der Waals surface area contributed by atoms with Crippen LogP contribution in [0, 0.1) is 10.1 Å². The van der Waals surface area contributed by atoms with Crippen molar-refractivity contribution in [2.24, 2.45) is 0 Å². The Kier molecular flexibility index (Phi) is 6.51. The third kappa shape index (κ3) is 5.18. The molecule has 0 aliphatic rings. The fourth-order valence-electron chi connectivity index (χ4n) is 2.46. The maximum atomic E-state index is 12.1.